The molecule has 3 aromatic carbocycles. The summed E-state index contributed by atoms with van der Waals surface area (Å²) in [5, 5.41) is 4.70. The fourth-order valence-corrected chi connectivity index (χ4v) is 4.14. The summed E-state index contributed by atoms with van der Waals surface area (Å²) in [4.78, 5) is 12.1. The van der Waals surface area contributed by atoms with Crippen molar-refractivity contribution in [3.63, 3.8) is 0 Å². The third kappa shape index (κ3) is 5.14. The lowest BCUT2D eigenvalue weighted by atomic mass is 10.1. The van der Waals surface area contributed by atoms with E-state index in [1.54, 1.807) is 35.1 Å². The first-order valence-electron chi connectivity index (χ1n) is 9.59. The van der Waals surface area contributed by atoms with Crippen LogP contribution < -0.4 is 9.46 Å². The van der Waals surface area contributed by atoms with Crippen LogP contribution in [0.4, 0.5) is 8.78 Å². The molecule has 12 heteroatoms. The SMILES string of the molecule is CS(=O)(=O)NC(=O)c1cc(Cl)c(-n2nc(Cl)c3cc(OCc4cccc(F)c4)ccc32)cc1F. The van der Waals surface area contributed by atoms with Crippen LogP contribution in [-0.4, -0.2) is 30.4 Å². The lowest BCUT2D eigenvalue weighted by Gasteiger charge is -2.10. The second-order valence-corrected chi connectivity index (χ2v) is 9.80. The number of hydrogen-bond donors (Lipinski definition) is 1. The summed E-state index contributed by atoms with van der Waals surface area (Å²) < 4.78 is 59.3. The van der Waals surface area contributed by atoms with Crippen LogP contribution in [-0.2, 0) is 16.6 Å². The number of benzene rings is 3. The molecule has 0 saturated heterocycles. The summed E-state index contributed by atoms with van der Waals surface area (Å²) in [6.07, 6.45) is 0.771. The van der Waals surface area contributed by atoms with Crippen LogP contribution in [0.5, 0.6) is 5.75 Å². The average molecular weight is 526 g/mol. The molecule has 0 fully saturated rings. The molecule has 0 bridgehead atoms. The first-order valence-corrected chi connectivity index (χ1v) is 12.2. The topological polar surface area (TPSA) is 90.3 Å². The molecular weight excluding hydrogens is 511 g/mol. The van der Waals surface area contributed by atoms with E-state index >= 15 is 0 Å². The highest BCUT2D eigenvalue weighted by Crippen LogP contribution is 2.32. The predicted octanol–water partition coefficient (Wildman–Crippen LogP) is 4.88. The number of amides is 1. The fourth-order valence-electron chi connectivity index (χ4n) is 3.22. The van der Waals surface area contributed by atoms with Gasteiger partial charge in [0.05, 0.1) is 28.0 Å². The zero-order chi connectivity index (χ0) is 24.6. The molecule has 0 aliphatic heterocycles. The molecule has 34 heavy (non-hydrogen) atoms. The molecular formula is C22H15Cl2F2N3O4S. The van der Waals surface area contributed by atoms with E-state index in [-0.39, 0.29) is 28.3 Å². The minimum absolute atomic E-state index is 0.0625. The second kappa shape index (κ2) is 9.21. The lowest BCUT2D eigenvalue weighted by molar-refractivity contribution is 0.0978. The number of sulfonamides is 1. The van der Waals surface area contributed by atoms with Gasteiger partial charge in [0.2, 0.25) is 10.0 Å². The van der Waals surface area contributed by atoms with Crippen LogP contribution in [0.2, 0.25) is 10.2 Å². The van der Waals surface area contributed by atoms with Crippen molar-refractivity contribution < 1.29 is 26.7 Å². The van der Waals surface area contributed by atoms with Gasteiger partial charge >= 0.3 is 0 Å². The van der Waals surface area contributed by atoms with Gasteiger partial charge in [-0.25, -0.2) is 26.6 Å². The van der Waals surface area contributed by atoms with E-state index in [4.69, 9.17) is 27.9 Å². The predicted molar refractivity (Wildman–Crippen MR) is 124 cm³/mol. The number of nitrogens with one attached hydrogen (secondary N) is 1. The Morgan fingerprint density at radius 1 is 1.12 bits per heavy atom. The summed E-state index contributed by atoms with van der Waals surface area (Å²) in [7, 11) is -3.89. The Hall–Kier alpha value is -3.21. The second-order valence-electron chi connectivity index (χ2n) is 7.29. The van der Waals surface area contributed by atoms with Crippen molar-refractivity contribution in [2.45, 2.75) is 6.61 Å². The van der Waals surface area contributed by atoms with Crippen LogP contribution in [0, 0.1) is 11.6 Å². The summed E-state index contributed by atoms with van der Waals surface area (Å²) >= 11 is 12.5. The largest absolute Gasteiger partial charge is 0.489 e. The Bertz CT molecular complexity index is 1540. The quantitative estimate of drug-likeness (QED) is 0.387. The Labute approximate surface area is 202 Å². The van der Waals surface area contributed by atoms with Crippen molar-refractivity contribution in [2.75, 3.05) is 6.26 Å². The van der Waals surface area contributed by atoms with Crippen molar-refractivity contribution in [2.24, 2.45) is 0 Å². The highest BCUT2D eigenvalue weighted by Gasteiger charge is 2.21. The monoisotopic (exact) mass is 525 g/mol. The van der Waals surface area contributed by atoms with Crippen molar-refractivity contribution in [1.29, 1.82) is 0 Å². The Kier molecular flexibility index (Phi) is 6.48. The molecule has 4 aromatic rings. The van der Waals surface area contributed by atoms with E-state index < -0.39 is 27.3 Å². The van der Waals surface area contributed by atoms with Gasteiger partial charge in [-0.15, -0.1) is 0 Å². The van der Waals surface area contributed by atoms with Crippen LogP contribution in [0.1, 0.15) is 15.9 Å². The fraction of sp³-hybridized carbons (Fsp3) is 0.0909. The summed E-state index contributed by atoms with van der Waals surface area (Å²) in [6.45, 7) is 0.128. The van der Waals surface area contributed by atoms with Crippen molar-refractivity contribution in [3.8, 4) is 11.4 Å². The van der Waals surface area contributed by atoms with Crippen molar-refractivity contribution in [1.82, 2.24) is 14.5 Å². The van der Waals surface area contributed by atoms with Crippen molar-refractivity contribution in [3.05, 3.63) is 87.5 Å². The van der Waals surface area contributed by atoms with Gasteiger partial charge in [-0.1, -0.05) is 35.3 Å². The van der Waals surface area contributed by atoms with Gasteiger partial charge < -0.3 is 4.74 Å². The zero-order valence-corrected chi connectivity index (χ0v) is 19.7. The highest BCUT2D eigenvalue weighted by atomic mass is 35.5. The summed E-state index contributed by atoms with van der Waals surface area (Å²) in [5.41, 5.74) is 0.650. The third-order valence-corrected chi connectivity index (χ3v) is 5.83. The average Bonchev–Trinajstić information content (AvgIpc) is 3.08. The molecule has 0 saturated carbocycles. The molecule has 7 nitrogen and oxygen atoms in total. The van der Waals surface area contributed by atoms with Gasteiger partial charge in [0.1, 0.15) is 24.0 Å². The van der Waals surface area contributed by atoms with Gasteiger partial charge in [0.15, 0.2) is 5.15 Å². The first-order chi connectivity index (χ1) is 16.0. The molecule has 4 rings (SSSR count). The molecule has 1 heterocycles. The molecule has 1 N–H and O–H groups in total. The number of halogens is 4. The maximum Gasteiger partial charge on any atom is 0.267 e. The van der Waals surface area contributed by atoms with E-state index in [0.717, 1.165) is 18.4 Å². The molecule has 0 aliphatic rings. The molecule has 1 amide bonds. The van der Waals surface area contributed by atoms with E-state index in [0.29, 0.717) is 22.2 Å². The van der Waals surface area contributed by atoms with Crippen LogP contribution in [0.3, 0.4) is 0 Å². The number of hydrogen-bond acceptors (Lipinski definition) is 5. The third-order valence-electron chi connectivity index (χ3n) is 4.69. The smallest absolute Gasteiger partial charge is 0.267 e. The molecule has 0 spiro atoms. The number of nitrogens with zero attached hydrogens (tertiary/aromatic N) is 2. The lowest BCUT2D eigenvalue weighted by Crippen LogP contribution is -2.30. The Morgan fingerprint density at radius 3 is 2.59 bits per heavy atom. The molecule has 1 aromatic heterocycles. The van der Waals surface area contributed by atoms with Crippen LogP contribution >= 0.6 is 23.2 Å². The maximum atomic E-state index is 14.7. The van der Waals surface area contributed by atoms with Gasteiger partial charge in [-0.2, -0.15) is 5.10 Å². The Morgan fingerprint density at radius 2 is 1.88 bits per heavy atom. The van der Waals surface area contributed by atoms with Gasteiger partial charge in [0, 0.05) is 11.5 Å². The van der Waals surface area contributed by atoms with E-state index in [1.807, 2.05) is 0 Å². The molecule has 176 valence electrons. The summed E-state index contributed by atoms with van der Waals surface area (Å²) in [5.74, 6) is -2.08. The molecule has 0 unspecified atom stereocenters. The van der Waals surface area contributed by atoms with Crippen LogP contribution in [0.15, 0.2) is 54.6 Å². The van der Waals surface area contributed by atoms with Gasteiger partial charge in [-0.3, -0.25) is 4.79 Å². The number of fused-ring (bicyclic) bond motifs is 1. The van der Waals surface area contributed by atoms with E-state index in [9.17, 15) is 22.0 Å². The molecule has 0 radical (unpaired) electrons. The zero-order valence-electron chi connectivity index (χ0n) is 17.4. The summed E-state index contributed by atoms with van der Waals surface area (Å²) in [6, 6.07) is 12.9. The maximum absolute atomic E-state index is 14.7. The highest BCUT2D eigenvalue weighted by molar-refractivity contribution is 7.89. The number of carbonyl (C=O) groups excluding carboxylic acids is 1. The first kappa shape index (κ1) is 23.9. The normalized spacial score (nSPS) is 11.6. The standard InChI is InChI=1S/C22H15Cl2F2N3O4S/c1-34(31,32)28-22(30)15-9-17(23)20(10-18(15)26)29-19-6-5-14(8-16(19)21(24)27-29)33-11-12-3-2-4-13(25)7-12/h2-10H,11H2,1H3,(H,28,30). The number of ether oxygens (including phenoxy) is 1. The Balaban J connectivity index is 1.66. The number of rotatable bonds is 6. The molecule has 0 atom stereocenters. The minimum atomic E-state index is -3.89. The van der Waals surface area contributed by atoms with Gasteiger partial charge in [-0.05, 0) is 42.0 Å². The van der Waals surface area contributed by atoms with Crippen LogP contribution in [0.25, 0.3) is 16.6 Å². The van der Waals surface area contributed by atoms with E-state index in [1.165, 1.54) is 16.8 Å². The number of aromatic nitrogens is 2. The molecule has 0 aliphatic carbocycles. The van der Waals surface area contributed by atoms with Crippen molar-refractivity contribution >= 4 is 50.0 Å². The minimum Gasteiger partial charge on any atom is -0.489 e. The van der Waals surface area contributed by atoms with Gasteiger partial charge in [0.25, 0.3) is 5.91 Å². The van der Waals surface area contributed by atoms with E-state index in [2.05, 4.69) is 5.10 Å². The number of carbonyl (C=O) groups is 1.